The molecular weight excluding hydrogens is 258 g/mol. The van der Waals surface area contributed by atoms with Crippen LogP contribution >= 0.6 is 14.9 Å². The first-order valence-electron chi connectivity index (χ1n) is 4.81. The van der Waals surface area contributed by atoms with Crippen LogP contribution in [0.5, 0.6) is 0 Å². The summed E-state index contributed by atoms with van der Waals surface area (Å²) >= 11 is 0. The van der Waals surface area contributed by atoms with E-state index in [0.29, 0.717) is 0 Å². The Morgan fingerprint density at radius 1 is 1.06 bits per heavy atom. The maximum atomic E-state index is 12.2. The maximum Gasteiger partial charge on any atom is 0.148 e. The van der Waals surface area contributed by atoms with Gasteiger partial charge in [-0.15, -0.1) is 0 Å². The van der Waals surface area contributed by atoms with Gasteiger partial charge in [0.05, 0.1) is 0 Å². The Morgan fingerprint density at radius 2 is 1.50 bits per heavy atom. The molecule has 1 rings (SSSR count). The summed E-state index contributed by atoms with van der Waals surface area (Å²) < 4.78 is 23.5. The highest BCUT2D eigenvalue weighted by atomic mass is 31.2. The van der Waals surface area contributed by atoms with Crippen molar-refractivity contribution >= 4 is 14.9 Å². The first kappa shape index (κ1) is 14.3. The average Bonchev–Trinajstić information content (AvgIpc) is 2.29. The SMILES string of the molecule is O=[PH]1C(O)C(O)P(=O)(CCCO)C(O)C1O. The van der Waals surface area contributed by atoms with Crippen molar-refractivity contribution in [3.63, 3.8) is 0 Å². The molecule has 5 N–H and O–H groups in total. The molecule has 4 atom stereocenters. The number of hydrogen-bond donors (Lipinski definition) is 5. The third kappa shape index (κ3) is 2.27. The summed E-state index contributed by atoms with van der Waals surface area (Å²) in [5.41, 5.74) is 0. The molecule has 16 heavy (non-hydrogen) atoms. The van der Waals surface area contributed by atoms with Crippen LogP contribution in [0.4, 0.5) is 0 Å². The number of aliphatic hydroxyl groups is 5. The van der Waals surface area contributed by atoms with Gasteiger partial charge in [0.25, 0.3) is 0 Å². The minimum atomic E-state index is -3.69. The van der Waals surface area contributed by atoms with E-state index < -0.39 is 38.3 Å². The Morgan fingerprint density at radius 3 is 1.88 bits per heavy atom. The lowest BCUT2D eigenvalue weighted by atomic mass is 10.5. The third-order valence-corrected chi connectivity index (χ3v) is 8.44. The molecule has 0 aromatic heterocycles. The van der Waals surface area contributed by atoms with E-state index in [1.165, 1.54) is 0 Å². The van der Waals surface area contributed by atoms with Crippen molar-refractivity contribution in [1.29, 1.82) is 0 Å². The van der Waals surface area contributed by atoms with Crippen molar-refractivity contribution in [3.8, 4) is 0 Å². The van der Waals surface area contributed by atoms with E-state index >= 15 is 0 Å². The minimum absolute atomic E-state index is 0.0613. The summed E-state index contributed by atoms with van der Waals surface area (Å²) in [5.74, 6) is -7.14. The summed E-state index contributed by atoms with van der Waals surface area (Å²) in [6.07, 6.45) is -0.152. The fourth-order valence-electron chi connectivity index (χ4n) is 1.69. The second-order valence-corrected chi connectivity index (χ2v) is 8.98. The van der Waals surface area contributed by atoms with Crippen molar-refractivity contribution in [2.24, 2.45) is 0 Å². The molecule has 1 aliphatic heterocycles. The predicted octanol–water partition coefficient (Wildman–Crippen LogP) is -1.42. The van der Waals surface area contributed by atoms with Gasteiger partial charge >= 0.3 is 0 Å². The Hall–Kier alpha value is 0.260. The van der Waals surface area contributed by atoms with E-state index in [1.54, 1.807) is 0 Å². The molecule has 0 amide bonds. The largest absolute Gasteiger partial charge is 0.396 e. The van der Waals surface area contributed by atoms with E-state index in [9.17, 15) is 29.6 Å². The monoisotopic (exact) mass is 274 g/mol. The van der Waals surface area contributed by atoms with E-state index in [2.05, 4.69) is 0 Å². The second-order valence-electron chi connectivity index (χ2n) is 3.77. The van der Waals surface area contributed by atoms with Gasteiger partial charge in [0, 0.05) is 12.8 Å². The van der Waals surface area contributed by atoms with Gasteiger partial charge in [-0.1, -0.05) is 0 Å². The van der Waals surface area contributed by atoms with Crippen LogP contribution in [0.25, 0.3) is 0 Å². The molecule has 0 aliphatic carbocycles. The molecule has 0 bridgehead atoms. The number of rotatable bonds is 3. The smallest absolute Gasteiger partial charge is 0.148 e. The molecule has 4 unspecified atom stereocenters. The summed E-state index contributed by atoms with van der Waals surface area (Å²) in [5, 5.41) is 46.4. The highest BCUT2D eigenvalue weighted by Crippen LogP contribution is 2.65. The lowest BCUT2D eigenvalue weighted by Crippen LogP contribution is -2.41. The molecular formula is C7H16O7P2. The van der Waals surface area contributed by atoms with Crippen LogP contribution in [0.2, 0.25) is 0 Å². The summed E-state index contributed by atoms with van der Waals surface area (Å²) in [4.78, 5) is 0. The molecule has 7 nitrogen and oxygen atoms in total. The molecule has 0 spiro atoms. The van der Waals surface area contributed by atoms with E-state index in [0.717, 1.165) is 0 Å². The maximum absolute atomic E-state index is 12.2. The summed E-state index contributed by atoms with van der Waals surface area (Å²) in [7, 11) is -6.70. The fraction of sp³-hybridized carbons (Fsp3) is 1.00. The second kappa shape index (κ2) is 5.27. The van der Waals surface area contributed by atoms with E-state index in [-0.39, 0.29) is 19.2 Å². The molecule has 1 heterocycles. The molecule has 0 aromatic rings. The van der Waals surface area contributed by atoms with Crippen molar-refractivity contribution < 1.29 is 34.7 Å². The first-order chi connectivity index (χ1) is 7.36. The Bertz CT molecular complexity index is 298. The topological polar surface area (TPSA) is 135 Å². The first-order valence-corrected chi connectivity index (χ1v) is 8.41. The Labute approximate surface area is 92.9 Å². The van der Waals surface area contributed by atoms with Gasteiger partial charge in [-0.25, -0.2) is 0 Å². The average molecular weight is 274 g/mol. The van der Waals surface area contributed by atoms with Gasteiger partial charge in [0.15, 0.2) is 0 Å². The molecule has 9 heteroatoms. The van der Waals surface area contributed by atoms with E-state index in [4.69, 9.17) is 5.11 Å². The zero-order chi connectivity index (χ0) is 12.5. The highest BCUT2D eigenvalue weighted by molar-refractivity contribution is 7.68. The van der Waals surface area contributed by atoms with Crippen LogP contribution < -0.4 is 0 Å². The van der Waals surface area contributed by atoms with Gasteiger partial charge in [-0.05, 0) is 6.42 Å². The zero-order valence-corrected chi connectivity index (χ0v) is 10.3. The zero-order valence-electron chi connectivity index (χ0n) is 8.43. The van der Waals surface area contributed by atoms with Gasteiger partial charge in [0.1, 0.15) is 38.3 Å². The molecule has 1 saturated heterocycles. The molecule has 0 aromatic carbocycles. The normalized spacial score (nSPS) is 49.2. The summed E-state index contributed by atoms with van der Waals surface area (Å²) in [6, 6.07) is 0. The molecule has 1 fully saturated rings. The van der Waals surface area contributed by atoms with Crippen molar-refractivity contribution in [1.82, 2.24) is 0 Å². The highest BCUT2D eigenvalue weighted by Gasteiger charge is 2.54. The van der Waals surface area contributed by atoms with Crippen LogP contribution in [-0.4, -0.2) is 61.7 Å². The van der Waals surface area contributed by atoms with Crippen LogP contribution in [0.1, 0.15) is 6.42 Å². The van der Waals surface area contributed by atoms with Gasteiger partial charge < -0.3 is 34.7 Å². The number of hydrogen-bond acceptors (Lipinski definition) is 7. The Balaban J connectivity index is 2.98. The molecule has 1 aliphatic rings. The fourth-order valence-corrected chi connectivity index (χ4v) is 7.45. The molecule has 96 valence electrons. The van der Waals surface area contributed by atoms with Crippen LogP contribution in [0, 0.1) is 0 Å². The Kier molecular flexibility index (Phi) is 4.72. The van der Waals surface area contributed by atoms with E-state index in [1.807, 2.05) is 0 Å². The lowest BCUT2D eigenvalue weighted by molar-refractivity contribution is 0.0667. The van der Waals surface area contributed by atoms with Crippen LogP contribution in [0.3, 0.4) is 0 Å². The minimum Gasteiger partial charge on any atom is -0.396 e. The molecule has 0 radical (unpaired) electrons. The number of aliphatic hydroxyl groups excluding tert-OH is 5. The van der Waals surface area contributed by atoms with Gasteiger partial charge in [0.2, 0.25) is 0 Å². The van der Waals surface area contributed by atoms with Gasteiger partial charge in [-0.3, -0.25) is 0 Å². The predicted molar refractivity (Wildman–Crippen MR) is 57.2 cm³/mol. The standard InChI is InChI=1S/C7H16O7P2/c8-2-1-3-16(14)6(11)4(9)15(13)5(10)7(16)12/h4-12,15H,1-3H2. The van der Waals surface area contributed by atoms with Crippen molar-refractivity contribution in [3.05, 3.63) is 0 Å². The van der Waals surface area contributed by atoms with Crippen LogP contribution in [0.15, 0.2) is 0 Å². The van der Waals surface area contributed by atoms with Gasteiger partial charge in [-0.2, -0.15) is 0 Å². The quantitative estimate of drug-likeness (QED) is 0.398. The van der Waals surface area contributed by atoms with Crippen molar-refractivity contribution in [2.45, 2.75) is 29.8 Å². The summed E-state index contributed by atoms with van der Waals surface area (Å²) in [6.45, 7) is -0.287. The molecule has 0 saturated carbocycles. The lowest BCUT2D eigenvalue weighted by Gasteiger charge is -2.38. The van der Waals surface area contributed by atoms with Crippen molar-refractivity contribution in [2.75, 3.05) is 12.8 Å². The third-order valence-electron chi connectivity index (χ3n) is 2.71. The van der Waals surface area contributed by atoms with Crippen LogP contribution in [-0.2, 0) is 9.13 Å².